The fourth-order valence-electron chi connectivity index (χ4n) is 0.712. The molecule has 1 saturated heterocycles. The molecule has 15 heavy (non-hydrogen) atoms. The zero-order valence-corrected chi connectivity index (χ0v) is 11.1. The first-order chi connectivity index (χ1) is 7.11. The quantitative estimate of drug-likeness (QED) is 0.671. The Bertz CT molecular complexity index is 315. The summed E-state index contributed by atoms with van der Waals surface area (Å²) in [5.74, 6) is 1.06. The molecule has 2 aliphatic rings. The van der Waals surface area contributed by atoms with Crippen LogP contribution in [0.4, 0.5) is 0 Å². The summed E-state index contributed by atoms with van der Waals surface area (Å²) in [5.41, 5.74) is 0. The molecule has 4 nitrogen and oxygen atoms in total. The first-order valence-electron chi connectivity index (χ1n) is 3.86. The normalized spacial score (nSPS) is 19.5. The van der Waals surface area contributed by atoms with Gasteiger partial charge in [-0.15, -0.1) is 11.8 Å². The third-order valence-corrected chi connectivity index (χ3v) is 4.54. The van der Waals surface area contributed by atoms with Crippen LogP contribution < -0.4 is 5.32 Å². The maximum atomic E-state index is 10.4. The van der Waals surface area contributed by atoms with E-state index in [0.717, 1.165) is 4.38 Å². The highest BCUT2D eigenvalue weighted by molar-refractivity contribution is 8.39. The zero-order chi connectivity index (χ0) is 11.3. The molecule has 0 unspecified atom stereocenters. The molecular formula is C7H8N2O2S4. The predicted molar refractivity (Wildman–Crippen MR) is 71.6 cm³/mol. The molecule has 2 rings (SSSR count). The van der Waals surface area contributed by atoms with Crippen LogP contribution in [0, 0.1) is 0 Å². The second-order valence-electron chi connectivity index (χ2n) is 2.39. The highest BCUT2D eigenvalue weighted by Gasteiger charge is 2.13. The number of nitrogens with one attached hydrogen (secondary N) is 1. The van der Waals surface area contributed by atoms with Gasteiger partial charge in [-0.05, 0) is 6.26 Å². The lowest BCUT2D eigenvalue weighted by atomic mass is 10.7. The van der Waals surface area contributed by atoms with Crippen molar-refractivity contribution < 1.29 is 9.59 Å². The van der Waals surface area contributed by atoms with Gasteiger partial charge >= 0.3 is 0 Å². The Kier molecular flexibility index (Phi) is 5.65. The predicted octanol–water partition coefficient (Wildman–Crippen LogP) is 1.11. The van der Waals surface area contributed by atoms with E-state index in [0.29, 0.717) is 15.8 Å². The summed E-state index contributed by atoms with van der Waals surface area (Å²) in [7, 11) is 0. The molecule has 0 spiro atoms. The molecule has 2 aliphatic heterocycles. The molecule has 1 N–H and O–H groups in total. The van der Waals surface area contributed by atoms with Gasteiger partial charge in [-0.3, -0.25) is 9.59 Å². The number of hydrogen-bond donors (Lipinski definition) is 1. The summed E-state index contributed by atoms with van der Waals surface area (Å²) in [6.07, 6.45) is 1.92. The van der Waals surface area contributed by atoms with Gasteiger partial charge in [0.1, 0.15) is 8.70 Å². The molecule has 0 aromatic carbocycles. The zero-order valence-electron chi connectivity index (χ0n) is 7.81. The van der Waals surface area contributed by atoms with Crippen LogP contribution in [0.3, 0.4) is 0 Å². The van der Waals surface area contributed by atoms with Crippen LogP contribution >= 0.6 is 47.5 Å². The molecule has 0 atom stereocenters. The topological polar surface area (TPSA) is 58.5 Å². The Labute approximate surface area is 105 Å². The first kappa shape index (κ1) is 13.0. The molecule has 8 heteroatoms. The van der Waals surface area contributed by atoms with Crippen LogP contribution in [0.2, 0.25) is 0 Å². The van der Waals surface area contributed by atoms with E-state index in [1.54, 1.807) is 0 Å². The van der Waals surface area contributed by atoms with Crippen LogP contribution in [0.15, 0.2) is 4.99 Å². The van der Waals surface area contributed by atoms with Crippen LogP contribution in [0.1, 0.15) is 0 Å². The summed E-state index contributed by atoms with van der Waals surface area (Å²) in [4.78, 5) is 24.3. The summed E-state index contributed by atoms with van der Waals surface area (Å²) in [5, 5.41) is 2.47. The van der Waals surface area contributed by atoms with E-state index in [-0.39, 0.29) is 11.8 Å². The number of hydrogen-bond acceptors (Lipinski definition) is 6. The average molecular weight is 280 g/mol. The van der Waals surface area contributed by atoms with Gasteiger partial charge in [-0.2, -0.15) is 4.99 Å². The lowest BCUT2D eigenvalue weighted by Gasteiger charge is -1.83. The fraction of sp³-hybridized carbons (Fsp3) is 0.429. The van der Waals surface area contributed by atoms with E-state index in [2.05, 4.69) is 22.5 Å². The van der Waals surface area contributed by atoms with Crippen LogP contribution in [0.25, 0.3) is 0 Å². The molecule has 82 valence electrons. The van der Waals surface area contributed by atoms with E-state index in [1.165, 1.54) is 35.3 Å². The van der Waals surface area contributed by atoms with E-state index in [1.807, 2.05) is 6.26 Å². The van der Waals surface area contributed by atoms with Gasteiger partial charge < -0.3 is 5.32 Å². The molecule has 0 radical (unpaired) electrons. The van der Waals surface area contributed by atoms with E-state index < -0.39 is 0 Å². The number of thiocarbonyl (C=S) groups is 1. The number of thioether (sulfide) groups is 3. The van der Waals surface area contributed by atoms with Crippen molar-refractivity contribution in [3.63, 3.8) is 0 Å². The van der Waals surface area contributed by atoms with Gasteiger partial charge in [0.05, 0.1) is 11.5 Å². The van der Waals surface area contributed by atoms with Gasteiger partial charge in [0.2, 0.25) is 5.91 Å². The van der Waals surface area contributed by atoms with Gasteiger partial charge in [0.15, 0.2) is 0 Å². The SMILES string of the molecule is CSC1=NC(=O)CS1.O=C1CSC(=S)N1. The summed E-state index contributed by atoms with van der Waals surface area (Å²) in [6, 6.07) is 0. The first-order valence-corrected chi connectivity index (χ1v) is 7.47. The molecule has 0 aromatic heterocycles. The Morgan fingerprint density at radius 1 is 1.40 bits per heavy atom. The highest BCUT2D eigenvalue weighted by Crippen LogP contribution is 2.19. The number of rotatable bonds is 0. The van der Waals surface area contributed by atoms with Crippen LogP contribution in [0.5, 0.6) is 0 Å². The second kappa shape index (κ2) is 6.51. The maximum absolute atomic E-state index is 10.4. The number of nitrogens with zero attached hydrogens (tertiary/aromatic N) is 1. The molecule has 0 bridgehead atoms. The van der Waals surface area contributed by atoms with Crippen molar-refractivity contribution in [1.29, 1.82) is 0 Å². The Morgan fingerprint density at radius 2 is 2.13 bits per heavy atom. The molecule has 1 fully saturated rings. The standard InChI is InChI=1S/C4H5NOS2.C3H3NOS2/c1-7-4-5-3(6)2-8-4;5-2-1-7-3(6)4-2/h2H2,1H3;1H2,(H,4,5,6). The molecule has 0 saturated carbocycles. The number of amides is 2. The van der Waals surface area contributed by atoms with Gasteiger partial charge in [-0.1, -0.05) is 35.7 Å². The van der Waals surface area contributed by atoms with Crippen molar-refractivity contribution in [2.75, 3.05) is 17.8 Å². The van der Waals surface area contributed by atoms with Crippen molar-refractivity contribution in [3.05, 3.63) is 0 Å². The Balaban J connectivity index is 0.000000151. The highest BCUT2D eigenvalue weighted by atomic mass is 32.2. The largest absolute Gasteiger partial charge is 0.311 e. The van der Waals surface area contributed by atoms with Crippen molar-refractivity contribution in [1.82, 2.24) is 5.32 Å². The fourth-order valence-corrected chi connectivity index (χ4v) is 2.84. The van der Waals surface area contributed by atoms with Crippen molar-refractivity contribution in [3.8, 4) is 0 Å². The van der Waals surface area contributed by atoms with Crippen LogP contribution in [-0.2, 0) is 9.59 Å². The third-order valence-electron chi connectivity index (χ3n) is 1.29. The lowest BCUT2D eigenvalue weighted by molar-refractivity contribution is -0.117. The van der Waals surface area contributed by atoms with Crippen molar-refractivity contribution in [2.45, 2.75) is 0 Å². The molecule has 0 aromatic rings. The number of carbonyl (C=O) groups is 2. The molecule has 2 amide bonds. The summed E-state index contributed by atoms with van der Waals surface area (Å²) >= 11 is 9.05. The Morgan fingerprint density at radius 3 is 2.33 bits per heavy atom. The van der Waals surface area contributed by atoms with Gasteiger partial charge in [0.25, 0.3) is 5.91 Å². The van der Waals surface area contributed by atoms with E-state index in [9.17, 15) is 9.59 Å². The number of aliphatic imine (C=N–C) groups is 1. The van der Waals surface area contributed by atoms with Crippen molar-refractivity contribution >= 4 is 68.0 Å². The lowest BCUT2D eigenvalue weighted by Crippen LogP contribution is -2.18. The molecular weight excluding hydrogens is 272 g/mol. The third kappa shape index (κ3) is 5.01. The molecule has 0 aliphatic carbocycles. The Hall–Kier alpha value is -0.0500. The van der Waals surface area contributed by atoms with E-state index in [4.69, 9.17) is 0 Å². The van der Waals surface area contributed by atoms with Crippen molar-refractivity contribution in [2.24, 2.45) is 4.99 Å². The maximum Gasteiger partial charge on any atom is 0.257 e. The second-order valence-corrected chi connectivity index (χ2v) is 6.06. The van der Waals surface area contributed by atoms with E-state index >= 15 is 0 Å². The van der Waals surface area contributed by atoms with Crippen LogP contribution in [-0.4, -0.2) is 38.3 Å². The smallest absolute Gasteiger partial charge is 0.257 e. The monoisotopic (exact) mass is 280 g/mol. The van der Waals surface area contributed by atoms with Gasteiger partial charge in [0, 0.05) is 0 Å². The average Bonchev–Trinajstić information content (AvgIpc) is 2.76. The minimum Gasteiger partial charge on any atom is -0.311 e. The summed E-state index contributed by atoms with van der Waals surface area (Å²) in [6.45, 7) is 0. The molecule has 2 heterocycles. The summed E-state index contributed by atoms with van der Waals surface area (Å²) < 4.78 is 1.50. The minimum absolute atomic E-state index is 0.000602. The number of carbonyl (C=O) groups excluding carboxylic acids is 2. The minimum atomic E-state index is -0.000602. The van der Waals surface area contributed by atoms with Gasteiger partial charge in [-0.25, -0.2) is 0 Å².